The van der Waals surface area contributed by atoms with E-state index in [9.17, 15) is 19.5 Å². The molecule has 2 unspecified atom stereocenters. The number of aliphatic carboxylic acids is 1. The Balaban J connectivity index is 2.53. The Morgan fingerprint density at radius 1 is 1.29 bits per heavy atom. The third kappa shape index (κ3) is 4.61. The molecule has 1 aliphatic rings. The van der Waals surface area contributed by atoms with E-state index < -0.39 is 12.0 Å². The van der Waals surface area contributed by atoms with Crippen LogP contribution in [0.25, 0.3) is 0 Å². The summed E-state index contributed by atoms with van der Waals surface area (Å²) in [7, 11) is 1.60. The summed E-state index contributed by atoms with van der Waals surface area (Å²) in [6, 6.07) is -1.24. The standard InChI is InChI=1S/C14H25N3O4/c1-4-9(2)11(13(19)20)16-14(21)17-7-5-10(6-8-17)12(18)15-3/h9-11H,4-8H2,1-3H3,(H,15,18)(H,16,21)(H,19,20). The number of hydrogen-bond donors (Lipinski definition) is 3. The van der Waals surface area contributed by atoms with Gasteiger partial charge in [0.15, 0.2) is 0 Å². The van der Waals surface area contributed by atoms with Gasteiger partial charge in [0.25, 0.3) is 0 Å². The molecule has 0 bridgehead atoms. The smallest absolute Gasteiger partial charge is 0.326 e. The van der Waals surface area contributed by atoms with Crippen LogP contribution in [0.2, 0.25) is 0 Å². The number of carboxylic acid groups (broad SMARTS) is 1. The van der Waals surface area contributed by atoms with Gasteiger partial charge in [-0.15, -0.1) is 0 Å². The van der Waals surface area contributed by atoms with E-state index in [1.165, 1.54) is 0 Å². The lowest BCUT2D eigenvalue weighted by atomic mass is 9.96. The molecule has 1 heterocycles. The summed E-state index contributed by atoms with van der Waals surface area (Å²) in [4.78, 5) is 36.5. The zero-order valence-electron chi connectivity index (χ0n) is 12.9. The molecule has 1 rings (SSSR count). The largest absolute Gasteiger partial charge is 0.480 e. The van der Waals surface area contributed by atoms with Crippen LogP contribution in [0.1, 0.15) is 33.1 Å². The minimum atomic E-state index is -1.02. The summed E-state index contributed by atoms with van der Waals surface area (Å²) in [6.45, 7) is 4.63. The summed E-state index contributed by atoms with van der Waals surface area (Å²) >= 11 is 0. The van der Waals surface area contributed by atoms with Crippen molar-refractivity contribution in [1.82, 2.24) is 15.5 Å². The predicted octanol–water partition coefficient (Wildman–Crippen LogP) is 0.653. The van der Waals surface area contributed by atoms with Gasteiger partial charge in [-0.3, -0.25) is 4.79 Å². The van der Waals surface area contributed by atoms with E-state index in [-0.39, 0.29) is 23.8 Å². The highest BCUT2D eigenvalue weighted by Crippen LogP contribution is 2.18. The second kappa shape index (κ2) is 7.85. The molecule has 0 aromatic heterocycles. The first-order valence-electron chi connectivity index (χ1n) is 7.40. The van der Waals surface area contributed by atoms with E-state index >= 15 is 0 Å². The normalized spacial score (nSPS) is 18.7. The average molecular weight is 299 g/mol. The second-order valence-corrected chi connectivity index (χ2v) is 5.53. The van der Waals surface area contributed by atoms with Crippen LogP contribution in [0.4, 0.5) is 4.79 Å². The van der Waals surface area contributed by atoms with Crippen LogP contribution in [0.15, 0.2) is 0 Å². The molecule has 1 aliphatic heterocycles. The highest BCUT2D eigenvalue weighted by atomic mass is 16.4. The first kappa shape index (κ1) is 17.3. The number of carbonyl (C=O) groups excluding carboxylic acids is 2. The Morgan fingerprint density at radius 2 is 1.86 bits per heavy atom. The topological polar surface area (TPSA) is 98.7 Å². The van der Waals surface area contributed by atoms with E-state index in [0.717, 1.165) is 0 Å². The fraction of sp³-hybridized carbons (Fsp3) is 0.786. The zero-order chi connectivity index (χ0) is 16.0. The summed E-state index contributed by atoms with van der Waals surface area (Å²) in [5, 5.41) is 14.4. The Labute approximate surface area is 125 Å². The van der Waals surface area contributed by atoms with Crippen molar-refractivity contribution >= 4 is 17.9 Å². The van der Waals surface area contributed by atoms with Crippen molar-refractivity contribution in [2.75, 3.05) is 20.1 Å². The number of nitrogens with one attached hydrogen (secondary N) is 2. The lowest BCUT2D eigenvalue weighted by molar-refractivity contribution is -0.140. The number of carboxylic acids is 1. The molecule has 2 atom stereocenters. The van der Waals surface area contributed by atoms with E-state index in [0.29, 0.717) is 32.4 Å². The van der Waals surface area contributed by atoms with Crippen LogP contribution in [0.5, 0.6) is 0 Å². The SMILES string of the molecule is CCC(C)C(NC(=O)N1CCC(C(=O)NC)CC1)C(=O)O. The molecule has 0 aromatic rings. The fourth-order valence-electron chi connectivity index (χ4n) is 2.46. The first-order chi connectivity index (χ1) is 9.90. The minimum absolute atomic E-state index is 0.00178. The van der Waals surface area contributed by atoms with Gasteiger partial charge in [-0.25, -0.2) is 9.59 Å². The number of rotatable bonds is 5. The number of likely N-dealkylation sites (tertiary alicyclic amines) is 1. The predicted molar refractivity (Wildman–Crippen MR) is 77.8 cm³/mol. The van der Waals surface area contributed by atoms with Gasteiger partial charge in [-0.05, 0) is 18.8 Å². The van der Waals surface area contributed by atoms with Crippen LogP contribution in [-0.2, 0) is 9.59 Å². The molecule has 3 N–H and O–H groups in total. The van der Waals surface area contributed by atoms with Crippen LogP contribution in [0, 0.1) is 11.8 Å². The van der Waals surface area contributed by atoms with Gasteiger partial charge in [0.2, 0.25) is 5.91 Å². The van der Waals surface area contributed by atoms with Crippen molar-refractivity contribution < 1.29 is 19.5 Å². The van der Waals surface area contributed by atoms with E-state index in [1.807, 2.05) is 6.92 Å². The molecule has 21 heavy (non-hydrogen) atoms. The Hall–Kier alpha value is -1.79. The number of piperidine rings is 1. The number of amides is 3. The van der Waals surface area contributed by atoms with E-state index in [2.05, 4.69) is 10.6 Å². The third-order valence-corrected chi connectivity index (χ3v) is 4.16. The lowest BCUT2D eigenvalue weighted by Gasteiger charge is -2.32. The van der Waals surface area contributed by atoms with Gasteiger partial charge in [-0.1, -0.05) is 20.3 Å². The number of carbonyl (C=O) groups is 3. The second-order valence-electron chi connectivity index (χ2n) is 5.53. The minimum Gasteiger partial charge on any atom is -0.480 e. The van der Waals surface area contributed by atoms with Gasteiger partial charge >= 0.3 is 12.0 Å². The molecule has 1 saturated heterocycles. The maximum Gasteiger partial charge on any atom is 0.326 e. The van der Waals surface area contributed by atoms with Gasteiger partial charge < -0.3 is 20.6 Å². The van der Waals surface area contributed by atoms with Crippen molar-refractivity contribution in [1.29, 1.82) is 0 Å². The molecular formula is C14H25N3O4. The molecular weight excluding hydrogens is 274 g/mol. The van der Waals surface area contributed by atoms with Gasteiger partial charge in [0.1, 0.15) is 6.04 Å². The number of nitrogens with zero attached hydrogens (tertiary/aromatic N) is 1. The summed E-state index contributed by atoms with van der Waals surface area (Å²) in [5.41, 5.74) is 0. The molecule has 7 nitrogen and oxygen atoms in total. The molecule has 0 radical (unpaired) electrons. The summed E-state index contributed by atoms with van der Waals surface area (Å²) in [5.74, 6) is -1.21. The van der Waals surface area contributed by atoms with Gasteiger partial charge in [0.05, 0.1) is 0 Å². The van der Waals surface area contributed by atoms with Gasteiger partial charge in [0, 0.05) is 26.1 Å². The number of hydrogen-bond acceptors (Lipinski definition) is 3. The lowest BCUT2D eigenvalue weighted by Crippen LogP contribution is -2.52. The molecule has 0 saturated carbocycles. The Kier molecular flexibility index (Phi) is 6.45. The highest BCUT2D eigenvalue weighted by molar-refractivity contribution is 5.83. The average Bonchev–Trinajstić information content (AvgIpc) is 2.50. The maximum absolute atomic E-state index is 12.1. The molecule has 0 spiro atoms. The maximum atomic E-state index is 12.1. The van der Waals surface area contributed by atoms with Crippen LogP contribution in [0.3, 0.4) is 0 Å². The third-order valence-electron chi connectivity index (χ3n) is 4.16. The van der Waals surface area contributed by atoms with Crippen LogP contribution in [-0.4, -0.2) is 54.1 Å². The van der Waals surface area contributed by atoms with Crippen molar-refractivity contribution in [3.05, 3.63) is 0 Å². The molecule has 0 aromatic carbocycles. The number of urea groups is 1. The highest BCUT2D eigenvalue weighted by Gasteiger charge is 2.30. The Morgan fingerprint density at radius 3 is 2.29 bits per heavy atom. The monoisotopic (exact) mass is 299 g/mol. The van der Waals surface area contributed by atoms with Crippen molar-refractivity contribution in [3.63, 3.8) is 0 Å². The van der Waals surface area contributed by atoms with E-state index in [4.69, 9.17) is 0 Å². The molecule has 3 amide bonds. The van der Waals surface area contributed by atoms with Crippen molar-refractivity contribution in [2.45, 2.75) is 39.2 Å². The zero-order valence-corrected chi connectivity index (χ0v) is 12.9. The van der Waals surface area contributed by atoms with Crippen molar-refractivity contribution in [3.8, 4) is 0 Å². The quantitative estimate of drug-likeness (QED) is 0.694. The molecule has 0 aliphatic carbocycles. The summed E-state index contributed by atoms with van der Waals surface area (Å²) in [6.07, 6.45) is 1.89. The van der Waals surface area contributed by atoms with Crippen LogP contribution < -0.4 is 10.6 Å². The van der Waals surface area contributed by atoms with E-state index in [1.54, 1.807) is 18.9 Å². The molecule has 7 heteroatoms. The van der Waals surface area contributed by atoms with Gasteiger partial charge in [-0.2, -0.15) is 0 Å². The van der Waals surface area contributed by atoms with Crippen LogP contribution >= 0.6 is 0 Å². The first-order valence-corrected chi connectivity index (χ1v) is 7.40. The molecule has 120 valence electrons. The Bertz CT molecular complexity index is 392. The van der Waals surface area contributed by atoms with Crippen molar-refractivity contribution in [2.24, 2.45) is 11.8 Å². The summed E-state index contributed by atoms with van der Waals surface area (Å²) < 4.78 is 0. The fourth-order valence-corrected chi connectivity index (χ4v) is 2.46. The molecule has 1 fully saturated rings.